The highest BCUT2D eigenvalue weighted by atomic mass is 16.8. The zero-order valence-electron chi connectivity index (χ0n) is 50.4. The monoisotopic (exact) mass is 1210 g/mol. The smallest absolute Gasteiger partial charge is 0.310 e. The van der Waals surface area contributed by atoms with E-state index < -0.39 is 146 Å². The number of phenolic OH excluding ortho intramolecular Hbond substituents is 1. The first kappa shape index (κ1) is 66.6. The Morgan fingerprint density at radius 1 is 0.488 bits per heavy atom. The Morgan fingerprint density at radius 3 is 1.34 bits per heavy atom. The van der Waals surface area contributed by atoms with Gasteiger partial charge in [-0.2, -0.15) is 0 Å². The topological polar surface area (TPSA) is 304 Å². The first-order valence-electron chi connectivity index (χ1n) is 29.9. The Balaban J connectivity index is 1.41. The molecule has 1 N–H and O–H groups in total. The van der Waals surface area contributed by atoms with Crippen LogP contribution < -0.4 is 18.9 Å². The van der Waals surface area contributed by atoms with Crippen molar-refractivity contribution in [3.8, 4) is 28.7 Å². The summed E-state index contributed by atoms with van der Waals surface area (Å²) in [6.07, 6.45) is -16.8. The summed E-state index contributed by atoms with van der Waals surface area (Å²) in [6.45, 7) is 10.6. The Hall–Kier alpha value is -6.96. The van der Waals surface area contributed by atoms with Crippen molar-refractivity contribution in [3.05, 3.63) is 41.0 Å². The lowest BCUT2D eigenvalue weighted by molar-refractivity contribution is -0.366. The van der Waals surface area contributed by atoms with Crippen molar-refractivity contribution in [2.45, 2.75) is 212 Å². The molecule has 0 amide bonds. The number of benzene rings is 2. The van der Waals surface area contributed by atoms with Gasteiger partial charge in [0, 0.05) is 56.8 Å². The van der Waals surface area contributed by atoms with Crippen LogP contribution in [0.25, 0.3) is 0 Å². The summed E-state index contributed by atoms with van der Waals surface area (Å²) >= 11 is 0. The molecule has 0 saturated carbocycles. The normalized spacial score (nSPS) is 27.1. The van der Waals surface area contributed by atoms with E-state index in [0.717, 1.165) is 0 Å². The summed E-state index contributed by atoms with van der Waals surface area (Å²) in [7, 11) is 2.74. The number of phenols is 1. The molecule has 0 aromatic heterocycles. The fraction of sp³-hybridized carbons (Fsp3) is 0.672. The van der Waals surface area contributed by atoms with Crippen LogP contribution in [0.3, 0.4) is 0 Å². The molecular weight excluding hydrogens is 1130 g/mol. The third-order valence-corrected chi connectivity index (χ3v) is 15.1. The number of esters is 8. The molecule has 0 bridgehead atoms. The molecule has 5 aliphatic rings. The number of cyclic esters (lactones) is 1. The van der Waals surface area contributed by atoms with Crippen molar-refractivity contribution in [1.29, 1.82) is 0 Å². The van der Waals surface area contributed by atoms with Gasteiger partial charge in [-0.1, -0.05) is 48.5 Å². The van der Waals surface area contributed by atoms with Gasteiger partial charge < -0.3 is 80.9 Å². The summed E-state index contributed by atoms with van der Waals surface area (Å²) in [5.41, 5.74) is 1.41. The van der Waals surface area contributed by atoms with Gasteiger partial charge in [-0.25, -0.2) is 0 Å². The molecule has 3 saturated heterocycles. The van der Waals surface area contributed by atoms with E-state index in [2.05, 4.69) is 0 Å². The number of fused-ring (bicyclic) bond motifs is 3. The lowest BCUT2D eigenvalue weighted by Crippen LogP contribution is -2.67. The molecular formula is C61H82O25. The second-order valence-electron chi connectivity index (χ2n) is 21.5. The van der Waals surface area contributed by atoms with Crippen LogP contribution in [0.2, 0.25) is 0 Å². The van der Waals surface area contributed by atoms with Crippen LogP contribution in [-0.4, -0.2) is 155 Å². The van der Waals surface area contributed by atoms with E-state index in [4.69, 9.17) is 75.8 Å². The van der Waals surface area contributed by atoms with Gasteiger partial charge in [-0.3, -0.25) is 38.4 Å². The molecule has 7 rings (SSSR count). The zero-order valence-corrected chi connectivity index (χ0v) is 50.4. The summed E-state index contributed by atoms with van der Waals surface area (Å²) in [4.78, 5) is 110. The number of carbonyl (C=O) groups is 8. The molecule has 2 aromatic rings. The van der Waals surface area contributed by atoms with Gasteiger partial charge in [-0.15, -0.1) is 0 Å². The fourth-order valence-electron chi connectivity index (χ4n) is 11.1. The number of ether oxygens (including phenoxy) is 16. The van der Waals surface area contributed by atoms with Gasteiger partial charge in [-0.05, 0) is 85.9 Å². The minimum Gasteiger partial charge on any atom is -0.502 e. The van der Waals surface area contributed by atoms with Crippen molar-refractivity contribution in [2.24, 2.45) is 11.8 Å². The first-order chi connectivity index (χ1) is 41.4. The highest BCUT2D eigenvalue weighted by molar-refractivity contribution is 5.79. The molecule has 4 aliphatic heterocycles. The van der Waals surface area contributed by atoms with Gasteiger partial charge >= 0.3 is 47.8 Å². The zero-order chi connectivity index (χ0) is 62.2. The number of hydrogen-bond acceptors (Lipinski definition) is 25. The molecule has 86 heavy (non-hydrogen) atoms. The van der Waals surface area contributed by atoms with Crippen LogP contribution in [0.4, 0.5) is 0 Å². The average molecular weight is 1220 g/mol. The molecule has 2 aromatic carbocycles. The van der Waals surface area contributed by atoms with Gasteiger partial charge in [0.15, 0.2) is 66.1 Å². The third-order valence-electron chi connectivity index (χ3n) is 15.1. The van der Waals surface area contributed by atoms with E-state index in [-0.39, 0.29) is 82.0 Å². The molecule has 1 aliphatic carbocycles. The van der Waals surface area contributed by atoms with Crippen LogP contribution >= 0.6 is 0 Å². The SMILES string of the molecule is CCCC(=O)OC[C@H]1O[C@@H](O[C@H]2[C@H](OC(=O)CCC)[C@@H](OC(=O)CCC)[C@@H](O[C@@H]3c4cc5c(cc4[C@@H](c4cc(OC)c(O)c(OC)c4)[C@H]4C(=O)OC[C@@H]43)OCO5)O[C@@H]2COC(=O)CCC)[C@H](OC(=O)CCC)[C@@H](OC(=O)CCC)[C@H]1OC(=O)CCC. The first-order valence-corrected chi connectivity index (χ1v) is 29.9. The van der Waals surface area contributed by atoms with E-state index in [1.54, 1.807) is 72.7 Å². The van der Waals surface area contributed by atoms with Crippen molar-refractivity contribution in [3.63, 3.8) is 0 Å². The summed E-state index contributed by atoms with van der Waals surface area (Å²) in [5.74, 6) is -8.12. The summed E-state index contributed by atoms with van der Waals surface area (Å²) in [5, 5.41) is 11.0. The predicted octanol–water partition coefficient (Wildman–Crippen LogP) is 7.21. The quantitative estimate of drug-likeness (QED) is 0.0596. The minimum absolute atomic E-state index is 0.00579. The third kappa shape index (κ3) is 16.0. The predicted molar refractivity (Wildman–Crippen MR) is 295 cm³/mol. The minimum atomic E-state index is -1.92. The van der Waals surface area contributed by atoms with E-state index in [1.165, 1.54) is 14.2 Å². The molecule has 476 valence electrons. The van der Waals surface area contributed by atoms with E-state index in [0.29, 0.717) is 66.7 Å². The lowest BCUT2D eigenvalue weighted by atomic mass is 9.66. The van der Waals surface area contributed by atoms with Crippen molar-refractivity contribution in [1.82, 2.24) is 0 Å². The Labute approximate surface area is 499 Å². The second-order valence-corrected chi connectivity index (χ2v) is 21.5. The maximum Gasteiger partial charge on any atom is 0.310 e. The van der Waals surface area contributed by atoms with Crippen molar-refractivity contribution >= 4 is 47.8 Å². The average Bonchev–Trinajstić information content (AvgIpc) is 1.47. The molecule has 3 fully saturated rings. The summed E-state index contributed by atoms with van der Waals surface area (Å²) < 4.78 is 98.8. The fourth-order valence-corrected chi connectivity index (χ4v) is 11.1. The number of hydrogen-bond donors (Lipinski definition) is 1. The standard InChI is InChI=1S/C61H82O25/c1-10-17-42(62)73-29-40-53(80-44(64)19-12-3)55(81-45(65)20-13-4)57(83-47(67)22-15-6)61(78-40)86-54-41(30-74-43(63)18-11-2)79-60(58(84-48(68)23-16-7)56(54)82-46(66)21-14-5)85-52-34-27-37-36(76-31-77-37)26-33(34)49(50-35(52)28-75-59(50)70)32-24-38(71-8)51(69)39(25-32)72-9/h24-27,35,40-41,49-50,52-58,60-61,69H,10-23,28-31H2,1-9H3/t35-,40+,41+,49+,50-,52+,53-,54+,55-,56-,57+,58+,60+,61-/m0/s1. The van der Waals surface area contributed by atoms with E-state index >= 15 is 0 Å². The molecule has 4 heterocycles. The largest absolute Gasteiger partial charge is 0.502 e. The molecule has 0 unspecified atom stereocenters. The molecule has 25 heteroatoms. The highest BCUT2D eigenvalue weighted by Crippen LogP contribution is 2.57. The molecule has 14 atom stereocenters. The van der Waals surface area contributed by atoms with Crippen LogP contribution in [-0.2, 0) is 95.2 Å². The number of aromatic hydroxyl groups is 1. The Morgan fingerprint density at radius 2 is 0.884 bits per heavy atom. The second kappa shape index (κ2) is 31.6. The number of rotatable bonds is 30. The molecule has 25 nitrogen and oxygen atoms in total. The van der Waals surface area contributed by atoms with Crippen molar-refractivity contribution in [2.75, 3.05) is 40.8 Å². The van der Waals surface area contributed by atoms with Crippen LogP contribution in [0.1, 0.15) is 167 Å². The van der Waals surface area contributed by atoms with Gasteiger partial charge in [0.05, 0.1) is 32.8 Å². The Kier molecular flexibility index (Phi) is 24.5. The highest BCUT2D eigenvalue weighted by Gasteiger charge is 2.60. The van der Waals surface area contributed by atoms with Crippen LogP contribution in [0, 0.1) is 11.8 Å². The maximum atomic E-state index is 14.3. The molecule has 0 radical (unpaired) electrons. The van der Waals surface area contributed by atoms with Crippen molar-refractivity contribution < 1.29 is 119 Å². The maximum absolute atomic E-state index is 14.3. The lowest BCUT2D eigenvalue weighted by Gasteiger charge is -2.49. The van der Waals surface area contributed by atoms with Gasteiger partial charge in [0.1, 0.15) is 31.5 Å². The van der Waals surface area contributed by atoms with Gasteiger partial charge in [0.2, 0.25) is 12.5 Å². The van der Waals surface area contributed by atoms with Gasteiger partial charge in [0.25, 0.3) is 0 Å². The van der Waals surface area contributed by atoms with E-state index in [1.807, 2.05) is 0 Å². The summed E-state index contributed by atoms with van der Waals surface area (Å²) in [6, 6.07) is 6.55. The number of methoxy groups -OCH3 is 2. The van der Waals surface area contributed by atoms with Crippen LogP contribution in [0.15, 0.2) is 24.3 Å². The Bertz CT molecular complexity index is 2670. The molecule has 0 spiro atoms. The van der Waals surface area contributed by atoms with E-state index in [9.17, 15) is 43.5 Å². The van der Waals surface area contributed by atoms with Crippen LogP contribution in [0.5, 0.6) is 28.7 Å². The number of carbonyl (C=O) groups excluding carboxylic acids is 8.